The van der Waals surface area contributed by atoms with Gasteiger partial charge >= 0.3 is 0 Å². The van der Waals surface area contributed by atoms with E-state index in [-0.39, 0.29) is 0 Å². The van der Waals surface area contributed by atoms with E-state index in [2.05, 4.69) is 16.0 Å². The van der Waals surface area contributed by atoms with E-state index in [1.165, 1.54) is 0 Å². The molecule has 3 rings (SSSR count). The van der Waals surface area contributed by atoms with Crippen LogP contribution < -0.4 is 16.0 Å². The second-order valence-corrected chi connectivity index (χ2v) is 10.6. The number of aliphatic hydroxyl groups is 8. The van der Waals surface area contributed by atoms with Crippen LogP contribution in [0.3, 0.4) is 0 Å². The van der Waals surface area contributed by atoms with Gasteiger partial charge in [0.05, 0.1) is 19.8 Å². The van der Waals surface area contributed by atoms with Gasteiger partial charge in [-0.25, -0.2) is 0 Å². The fourth-order valence-corrected chi connectivity index (χ4v) is 5.17. The summed E-state index contributed by atoms with van der Waals surface area (Å²) in [7, 11) is 0. The molecule has 0 saturated carbocycles. The minimum absolute atomic E-state index is 0.612. The summed E-state index contributed by atoms with van der Waals surface area (Å²) in [5.41, 5.74) is 0. The summed E-state index contributed by atoms with van der Waals surface area (Å²) >= 11 is 0. The maximum absolute atomic E-state index is 11.8. The van der Waals surface area contributed by atoms with Crippen LogP contribution in [0.25, 0.3) is 0 Å². The number of hydrogen-bond acceptors (Lipinski definition) is 16. The van der Waals surface area contributed by atoms with E-state index in [1.54, 1.807) is 0 Å². The minimum atomic E-state index is -1.82. The van der Waals surface area contributed by atoms with Crippen molar-refractivity contribution in [3.8, 4) is 0 Å². The lowest BCUT2D eigenvalue weighted by Gasteiger charge is -2.48. The van der Waals surface area contributed by atoms with Gasteiger partial charge in [-0.1, -0.05) is 0 Å². The molecule has 43 heavy (non-hydrogen) atoms. The average Bonchev–Trinajstić information content (AvgIpc) is 2.93. The van der Waals surface area contributed by atoms with Crippen molar-refractivity contribution in [2.45, 2.75) is 113 Å². The van der Waals surface area contributed by atoms with Crippen LogP contribution in [0.4, 0.5) is 0 Å². The molecule has 0 aromatic carbocycles. The second kappa shape index (κ2) is 15.3. The number of carbonyl (C=O) groups is 3. The Morgan fingerprint density at radius 2 is 1.05 bits per heavy atom. The molecule has 3 heterocycles. The number of rotatable bonds is 10. The van der Waals surface area contributed by atoms with E-state index >= 15 is 0 Å². The Hall–Kier alpha value is -2.11. The molecule has 0 aromatic rings. The predicted molar refractivity (Wildman–Crippen MR) is 136 cm³/mol. The van der Waals surface area contributed by atoms with Gasteiger partial charge in [-0.15, -0.1) is 0 Å². The summed E-state index contributed by atoms with van der Waals surface area (Å²) in [4.78, 5) is 35.4. The van der Waals surface area contributed by atoms with Crippen LogP contribution in [-0.4, -0.2) is 170 Å². The van der Waals surface area contributed by atoms with Crippen LogP contribution >= 0.6 is 0 Å². The molecular formula is C24H41N3O16. The monoisotopic (exact) mass is 627 g/mol. The minimum Gasteiger partial charge on any atom is -0.394 e. The molecule has 248 valence electrons. The van der Waals surface area contributed by atoms with Crippen molar-refractivity contribution in [2.75, 3.05) is 19.8 Å². The number of amides is 3. The van der Waals surface area contributed by atoms with Gasteiger partial charge in [-0.2, -0.15) is 0 Å². The largest absolute Gasteiger partial charge is 0.394 e. The first-order chi connectivity index (χ1) is 20.2. The van der Waals surface area contributed by atoms with Gasteiger partial charge < -0.3 is 80.5 Å². The van der Waals surface area contributed by atoms with Gasteiger partial charge in [-0.3, -0.25) is 14.4 Å². The zero-order valence-electron chi connectivity index (χ0n) is 23.6. The molecule has 15 atom stereocenters. The SMILES string of the molecule is CC(=O)N[C@@H]1[C@@H](O)[C@H](O[C@@H]2O[C@H](CO)[C@@H](O)[C@H](O)[C@H]2NC(C)=O)[C@@H](CO[C@@H]2O[C@H](CO)[C@@H](O)[C@H](O)[C@H]2NC(C)=O)O[C@H]1O. The number of ether oxygens (including phenoxy) is 5. The van der Waals surface area contributed by atoms with Gasteiger partial charge in [0.25, 0.3) is 0 Å². The Bertz CT molecular complexity index is 962. The van der Waals surface area contributed by atoms with E-state index in [4.69, 9.17) is 23.7 Å². The second-order valence-electron chi connectivity index (χ2n) is 10.6. The molecule has 3 aliphatic heterocycles. The first-order valence-corrected chi connectivity index (χ1v) is 13.5. The summed E-state index contributed by atoms with van der Waals surface area (Å²) in [6, 6.07) is -4.23. The van der Waals surface area contributed by atoms with E-state index in [0.29, 0.717) is 0 Å². The third kappa shape index (κ3) is 8.34. The number of hydrogen-bond donors (Lipinski definition) is 11. The highest BCUT2D eigenvalue weighted by Gasteiger charge is 2.52. The lowest BCUT2D eigenvalue weighted by Crippen LogP contribution is -2.69. The highest BCUT2D eigenvalue weighted by atomic mass is 16.7. The molecule has 0 aromatic heterocycles. The van der Waals surface area contributed by atoms with Crippen molar-refractivity contribution in [1.29, 1.82) is 0 Å². The normalized spacial score (nSPS) is 43.5. The maximum Gasteiger partial charge on any atom is 0.217 e. The van der Waals surface area contributed by atoms with Crippen LogP contribution in [-0.2, 0) is 38.1 Å². The summed E-state index contributed by atoms with van der Waals surface area (Å²) in [6.07, 6.45) is -19.0. The van der Waals surface area contributed by atoms with E-state index in [9.17, 15) is 55.2 Å². The van der Waals surface area contributed by atoms with E-state index in [1.807, 2.05) is 0 Å². The van der Waals surface area contributed by atoms with Crippen molar-refractivity contribution in [2.24, 2.45) is 0 Å². The Kier molecular flexibility index (Phi) is 12.5. The zero-order valence-corrected chi connectivity index (χ0v) is 23.6. The zero-order chi connectivity index (χ0) is 32.2. The van der Waals surface area contributed by atoms with Crippen LogP contribution in [0.15, 0.2) is 0 Å². The van der Waals surface area contributed by atoms with E-state index < -0.39 is 129 Å². The van der Waals surface area contributed by atoms with Gasteiger partial charge in [0, 0.05) is 20.8 Å². The molecule has 0 bridgehead atoms. The van der Waals surface area contributed by atoms with Gasteiger partial charge in [0.15, 0.2) is 18.9 Å². The summed E-state index contributed by atoms with van der Waals surface area (Å²) in [5.74, 6) is -1.92. The molecule has 3 aliphatic rings. The number of aliphatic hydroxyl groups excluding tert-OH is 8. The van der Waals surface area contributed by atoms with Crippen LogP contribution in [0.5, 0.6) is 0 Å². The highest BCUT2D eigenvalue weighted by molar-refractivity contribution is 5.74. The number of nitrogens with one attached hydrogen (secondary N) is 3. The van der Waals surface area contributed by atoms with Crippen LogP contribution in [0.2, 0.25) is 0 Å². The standard InChI is InChI=1S/C24H41N3O16/c1-7(30)25-13-20(37)21(43-24-15(27-9(3)32)19(36)17(34)11(5-29)42-24)12(40-22(13)38)6-39-23-14(26-8(2)31)18(35)16(33)10(4-28)41-23/h10-24,28-29,33-38H,4-6H2,1-3H3,(H,25,30)(H,26,31)(H,27,32)/t10-,11-,12-,13-,14-,15-,16-,17-,18-,19-,20-,21-,22-,23-,24+/m1/s1. The van der Waals surface area contributed by atoms with Crippen LogP contribution in [0, 0.1) is 0 Å². The van der Waals surface area contributed by atoms with Gasteiger partial charge in [0.2, 0.25) is 17.7 Å². The molecular weight excluding hydrogens is 586 g/mol. The molecule has 11 N–H and O–H groups in total. The first-order valence-electron chi connectivity index (χ1n) is 13.5. The molecule has 0 spiro atoms. The maximum atomic E-state index is 11.8. The Balaban J connectivity index is 1.89. The smallest absolute Gasteiger partial charge is 0.217 e. The predicted octanol–water partition coefficient (Wildman–Crippen LogP) is -7.14. The summed E-state index contributed by atoms with van der Waals surface area (Å²) in [5, 5.41) is 89.7. The third-order valence-corrected chi connectivity index (χ3v) is 7.28. The Labute approximate surface area is 245 Å². The topological polar surface area (TPSA) is 295 Å². The quantitative estimate of drug-likeness (QED) is 0.107. The molecule has 19 nitrogen and oxygen atoms in total. The fourth-order valence-electron chi connectivity index (χ4n) is 5.17. The molecule has 3 fully saturated rings. The summed E-state index contributed by atoms with van der Waals surface area (Å²) in [6.45, 7) is 1.27. The lowest BCUT2D eigenvalue weighted by molar-refractivity contribution is -0.336. The van der Waals surface area contributed by atoms with Crippen molar-refractivity contribution < 1.29 is 78.9 Å². The molecule has 3 amide bonds. The Morgan fingerprint density at radius 1 is 0.605 bits per heavy atom. The third-order valence-electron chi connectivity index (χ3n) is 7.28. The molecule has 0 unspecified atom stereocenters. The Morgan fingerprint density at radius 3 is 1.51 bits per heavy atom. The van der Waals surface area contributed by atoms with Crippen molar-refractivity contribution in [3.63, 3.8) is 0 Å². The first kappa shape index (κ1) is 35.4. The lowest BCUT2D eigenvalue weighted by atomic mass is 9.94. The molecule has 3 saturated heterocycles. The fraction of sp³-hybridized carbons (Fsp3) is 0.875. The molecule has 19 heteroatoms. The van der Waals surface area contributed by atoms with Crippen molar-refractivity contribution in [1.82, 2.24) is 16.0 Å². The molecule has 0 radical (unpaired) electrons. The van der Waals surface area contributed by atoms with Gasteiger partial charge in [-0.05, 0) is 0 Å². The van der Waals surface area contributed by atoms with Crippen molar-refractivity contribution >= 4 is 17.7 Å². The summed E-state index contributed by atoms with van der Waals surface area (Å²) < 4.78 is 28.3. The van der Waals surface area contributed by atoms with Crippen LogP contribution in [0.1, 0.15) is 20.8 Å². The van der Waals surface area contributed by atoms with E-state index in [0.717, 1.165) is 20.8 Å². The average molecular weight is 628 g/mol. The number of carbonyl (C=O) groups excluding carboxylic acids is 3. The van der Waals surface area contributed by atoms with Gasteiger partial charge in [0.1, 0.15) is 73.1 Å². The molecule has 0 aliphatic carbocycles. The highest BCUT2D eigenvalue weighted by Crippen LogP contribution is 2.30. The van der Waals surface area contributed by atoms with Crippen molar-refractivity contribution in [3.05, 3.63) is 0 Å².